The number of amides is 1. The van der Waals surface area contributed by atoms with Crippen LogP contribution in [0.5, 0.6) is 0 Å². The number of hydrogen-bond acceptors (Lipinski definition) is 5. The molecule has 6 nitrogen and oxygen atoms in total. The Kier molecular flexibility index (Phi) is 2.95. The topological polar surface area (TPSA) is 93.3 Å². The number of nitrogens with one attached hydrogen (secondary N) is 1. The van der Waals surface area contributed by atoms with E-state index in [1.54, 1.807) is 0 Å². The molecule has 1 heterocycles. The highest BCUT2D eigenvalue weighted by Gasteiger charge is 2.03. The molecule has 17 heavy (non-hydrogen) atoms. The third-order valence-corrected chi connectivity index (χ3v) is 2.23. The van der Waals surface area contributed by atoms with E-state index in [-0.39, 0.29) is 5.71 Å². The zero-order chi connectivity index (χ0) is 12.3. The maximum atomic E-state index is 10.8. The predicted molar refractivity (Wildman–Crippen MR) is 65.5 cm³/mol. The molecule has 86 valence electrons. The van der Waals surface area contributed by atoms with Crippen molar-refractivity contribution < 1.29 is 4.79 Å². The van der Waals surface area contributed by atoms with Crippen molar-refractivity contribution in [1.29, 1.82) is 0 Å². The van der Waals surface area contributed by atoms with Gasteiger partial charge in [0.15, 0.2) is 5.82 Å². The van der Waals surface area contributed by atoms with E-state index >= 15 is 0 Å². The highest BCUT2D eigenvalue weighted by Crippen LogP contribution is 2.17. The summed E-state index contributed by atoms with van der Waals surface area (Å²) in [6.45, 7) is 1.53. The molecule has 0 aliphatic rings. The third kappa shape index (κ3) is 2.36. The van der Waals surface area contributed by atoms with Crippen LogP contribution in [0, 0.1) is 0 Å². The largest absolute Gasteiger partial charge is 0.365 e. The van der Waals surface area contributed by atoms with Gasteiger partial charge in [0.1, 0.15) is 12.0 Å². The van der Waals surface area contributed by atoms with Crippen LogP contribution in [0.25, 0.3) is 10.9 Å². The van der Waals surface area contributed by atoms with E-state index in [2.05, 4.69) is 20.5 Å². The van der Waals surface area contributed by atoms with Gasteiger partial charge in [-0.15, -0.1) is 0 Å². The molecule has 0 aliphatic heterocycles. The molecule has 0 bridgehead atoms. The van der Waals surface area contributed by atoms with Gasteiger partial charge in [-0.25, -0.2) is 9.97 Å². The molecule has 1 aromatic carbocycles. The molecule has 0 radical (unpaired) electrons. The number of carbonyl (C=O) groups is 1. The summed E-state index contributed by atoms with van der Waals surface area (Å²) in [5.74, 6) is -0.0351. The maximum Gasteiger partial charge on any atom is 0.264 e. The number of hydrogen-bond donors (Lipinski definition) is 2. The van der Waals surface area contributed by atoms with Gasteiger partial charge in [-0.05, 0) is 19.1 Å². The van der Waals surface area contributed by atoms with E-state index in [4.69, 9.17) is 5.73 Å². The number of aromatic nitrogens is 2. The summed E-state index contributed by atoms with van der Waals surface area (Å²) in [6, 6.07) is 7.50. The Balaban J connectivity index is 2.37. The number of hydrazone groups is 1. The lowest BCUT2D eigenvalue weighted by atomic mass is 10.2. The zero-order valence-corrected chi connectivity index (χ0v) is 9.21. The summed E-state index contributed by atoms with van der Waals surface area (Å²) in [5, 5.41) is 4.68. The molecule has 6 heteroatoms. The van der Waals surface area contributed by atoms with Crippen molar-refractivity contribution in [1.82, 2.24) is 9.97 Å². The maximum absolute atomic E-state index is 10.8. The van der Waals surface area contributed by atoms with Crippen LogP contribution in [0.1, 0.15) is 6.92 Å². The number of anilines is 1. The summed E-state index contributed by atoms with van der Waals surface area (Å²) in [5.41, 5.74) is 8.77. The molecule has 0 saturated carbocycles. The first kappa shape index (κ1) is 11.0. The lowest BCUT2D eigenvalue weighted by molar-refractivity contribution is -0.112. The van der Waals surface area contributed by atoms with E-state index in [0.717, 1.165) is 10.9 Å². The number of primary amides is 1. The Bertz CT molecular complexity index is 588. The van der Waals surface area contributed by atoms with Gasteiger partial charge in [0.2, 0.25) is 0 Å². The van der Waals surface area contributed by atoms with Gasteiger partial charge in [-0.2, -0.15) is 5.10 Å². The number of rotatable bonds is 3. The number of carbonyl (C=O) groups excluding carboxylic acids is 1. The molecule has 1 aromatic heterocycles. The lowest BCUT2D eigenvalue weighted by Gasteiger charge is -2.03. The Hall–Kier alpha value is -2.50. The number of nitrogens with zero attached hydrogens (tertiary/aromatic N) is 3. The van der Waals surface area contributed by atoms with Crippen molar-refractivity contribution in [3.8, 4) is 0 Å². The molecule has 1 amide bonds. The quantitative estimate of drug-likeness (QED) is 0.604. The summed E-state index contributed by atoms with van der Waals surface area (Å²) in [7, 11) is 0. The van der Waals surface area contributed by atoms with E-state index in [9.17, 15) is 4.79 Å². The fourth-order valence-corrected chi connectivity index (χ4v) is 1.29. The van der Waals surface area contributed by atoms with E-state index < -0.39 is 5.91 Å². The minimum absolute atomic E-state index is 0.188. The first-order valence-corrected chi connectivity index (χ1v) is 4.98. The summed E-state index contributed by atoms with van der Waals surface area (Å²) < 4.78 is 0. The smallest absolute Gasteiger partial charge is 0.264 e. The third-order valence-electron chi connectivity index (χ3n) is 2.23. The van der Waals surface area contributed by atoms with E-state index in [1.807, 2.05) is 24.3 Å². The number of para-hydroxylation sites is 1. The molecule has 2 rings (SSSR count). The summed E-state index contributed by atoms with van der Waals surface area (Å²) >= 11 is 0. The minimum atomic E-state index is -0.573. The summed E-state index contributed by atoms with van der Waals surface area (Å²) in [4.78, 5) is 19.0. The predicted octanol–water partition coefficient (Wildman–Crippen LogP) is 0.903. The van der Waals surface area contributed by atoms with Crippen LogP contribution in [0.4, 0.5) is 5.82 Å². The molecule has 0 fully saturated rings. The van der Waals surface area contributed by atoms with Crippen LogP contribution >= 0.6 is 0 Å². The van der Waals surface area contributed by atoms with Gasteiger partial charge in [0.05, 0.1) is 5.52 Å². The van der Waals surface area contributed by atoms with Crippen LogP contribution in [0.15, 0.2) is 35.7 Å². The molecular formula is C11H11N5O. The van der Waals surface area contributed by atoms with Crippen molar-refractivity contribution in [3.05, 3.63) is 30.6 Å². The molecule has 0 atom stereocenters. The van der Waals surface area contributed by atoms with Crippen molar-refractivity contribution in [2.45, 2.75) is 6.92 Å². The van der Waals surface area contributed by atoms with Crippen LogP contribution in [0.2, 0.25) is 0 Å². The average Bonchev–Trinajstić information content (AvgIpc) is 2.35. The van der Waals surface area contributed by atoms with Crippen LogP contribution in [0.3, 0.4) is 0 Å². The number of benzene rings is 1. The Morgan fingerprint density at radius 3 is 2.88 bits per heavy atom. The highest BCUT2D eigenvalue weighted by molar-refractivity contribution is 6.37. The van der Waals surface area contributed by atoms with E-state index in [0.29, 0.717) is 5.82 Å². The summed E-state index contributed by atoms with van der Waals surface area (Å²) in [6.07, 6.45) is 1.43. The molecule has 0 unspecified atom stereocenters. The van der Waals surface area contributed by atoms with Gasteiger partial charge in [-0.3, -0.25) is 10.2 Å². The number of fused-ring (bicyclic) bond motifs is 1. The van der Waals surface area contributed by atoms with Gasteiger partial charge in [0, 0.05) is 5.39 Å². The second kappa shape index (κ2) is 4.56. The second-order valence-electron chi connectivity index (χ2n) is 3.41. The number of nitrogens with two attached hydrogens (primary N) is 1. The Labute approximate surface area is 97.6 Å². The SMILES string of the molecule is CC(=NNc1ncnc2ccccc12)C(N)=O. The normalized spacial score (nSPS) is 11.5. The minimum Gasteiger partial charge on any atom is -0.365 e. The Morgan fingerprint density at radius 1 is 1.35 bits per heavy atom. The first-order chi connectivity index (χ1) is 8.18. The lowest BCUT2D eigenvalue weighted by Crippen LogP contribution is -2.21. The van der Waals surface area contributed by atoms with Gasteiger partial charge < -0.3 is 5.73 Å². The standard InChI is InChI=1S/C11H11N5O/c1-7(10(12)17)15-16-11-8-4-2-3-5-9(8)13-6-14-11/h2-6H,1H3,(H2,12,17)(H,13,14,16). The molecule has 0 saturated heterocycles. The molecule has 2 aromatic rings. The molecule has 0 spiro atoms. The van der Waals surface area contributed by atoms with Crippen molar-refractivity contribution in [2.75, 3.05) is 5.43 Å². The van der Waals surface area contributed by atoms with Gasteiger partial charge in [-0.1, -0.05) is 12.1 Å². The van der Waals surface area contributed by atoms with Crippen LogP contribution in [-0.2, 0) is 4.79 Å². The highest BCUT2D eigenvalue weighted by atomic mass is 16.1. The first-order valence-electron chi connectivity index (χ1n) is 4.98. The van der Waals surface area contributed by atoms with Crippen molar-refractivity contribution in [3.63, 3.8) is 0 Å². The fraction of sp³-hybridized carbons (Fsp3) is 0.0909. The van der Waals surface area contributed by atoms with Gasteiger partial charge >= 0.3 is 0 Å². The van der Waals surface area contributed by atoms with Gasteiger partial charge in [0.25, 0.3) is 5.91 Å². The molecular weight excluding hydrogens is 218 g/mol. The molecule has 3 N–H and O–H groups in total. The zero-order valence-electron chi connectivity index (χ0n) is 9.21. The molecule has 0 aliphatic carbocycles. The van der Waals surface area contributed by atoms with Crippen LogP contribution < -0.4 is 11.2 Å². The van der Waals surface area contributed by atoms with Crippen LogP contribution in [-0.4, -0.2) is 21.6 Å². The fourth-order valence-electron chi connectivity index (χ4n) is 1.29. The van der Waals surface area contributed by atoms with E-state index in [1.165, 1.54) is 13.3 Å². The second-order valence-corrected chi connectivity index (χ2v) is 3.41. The monoisotopic (exact) mass is 229 g/mol. The Morgan fingerprint density at radius 2 is 2.12 bits per heavy atom. The van der Waals surface area contributed by atoms with Crippen molar-refractivity contribution in [2.24, 2.45) is 10.8 Å². The average molecular weight is 229 g/mol. The van der Waals surface area contributed by atoms with Crippen molar-refractivity contribution >= 4 is 28.3 Å².